The van der Waals surface area contributed by atoms with Gasteiger partial charge in [0, 0.05) is 19.8 Å². The molecule has 35 heavy (non-hydrogen) atoms. The molecule has 178 valence electrons. The minimum absolute atomic E-state index is 0.133. The maximum absolute atomic E-state index is 13.3. The van der Waals surface area contributed by atoms with Gasteiger partial charge in [-0.1, -0.05) is 60.7 Å². The van der Waals surface area contributed by atoms with Crippen molar-refractivity contribution in [3.05, 3.63) is 95.8 Å². The number of carbonyl (C=O) groups excluding carboxylic acids is 3. The lowest BCUT2D eigenvalue weighted by Gasteiger charge is -2.23. The van der Waals surface area contributed by atoms with Gasteiger partial charge in [-0.15, -0.1) is 0 Å². The molecule has 0 fully saturated rings. The van der Waals surface area contributed by atoms with Crippen LogP contribution in [-0.4, -0.2) is 29.8 Å². The van der Waals surface area contributed by atoms with Crippen LogP contribution < -0.4 is 16.4 Å². The minimum Gasteiger partial charge on any atom is -0.368 e. The second kappa shape index (κ2) is 10.3. The molecule has 0 saturated heterocycles. The number of nitrogens with two attached hydrogens (primary N) is 1. The van der Waals surface area contributed by atoms with Crippen molar-refractivity contribution in [1.82, 2.24) is 10.6 Å². The Morgan fingerprint density at radius 3 is 1.91 bits per heavy atom. The van der Waals surface area contributed by atoms with Crippen molar-refractivity contribution >= 4 is 39.3 Å². The Morgan fingerprint density at radius 2 is 1.37 bits per heavy atom. The van der Waals surface area contributed by atoms with Gasteiger partial charge >= 0.3 is 0 Å². The summed E-state index contributed by atoms with van der Waals surface area (Å²) in [5.41, 5.74) is 7.27. The van der Waals surface area contributed by atoms with Crippen LogP contribution in [0.4, 0.5) is 4.39 Å². The van der Waals surface area contributed by atoms with E-state index < -0.39 is 35.6 Å². The SMILES string of the molecule is CC(=O)N[C@H](Cc1ccc(F)cc1)C(=O)N[C@H](Cc1c2ccccc2cc2ccccc12)C(N)=O. The van der Waals surface area contributed by atoms with Crippen molar-refractivity contribution in [2.75, 3.05) is 0 Å². The van der Waals surface area contributed by atoms with Crippen LogP contribution in [-0.2, 0) is 27.2 Å². The summed E-state index contributed by atoms with van der Waals surface area (Å²) in [6.45, 7) is 1.30. The molecule has 0 aliphatic carbocycles. The molecule has 4 aromatic rings. The van der Waals surface area contributed by atoms with Crippen LogP contribution in [0.1, 0.15) is 18.1 Å². The highest BCUT2D eigenvalue weighted by molar-refractivity contribution is 6.03. The first-order chi connectivity index (χ1) is 16.8. The van der Waals surface area contributed by atoms with E-state index in [1.165, 1.54) is 19.1 Å². The number of hydrogen-bond acceptors (Lipinski definition) is 3. The van der Waals surface area contributed by atoms with E-state index in [9.17, 15) is 18.8 Å². The summed E-state index contributed by atoms with van der Waals surface area (Å²) in [5, 5.41) is 9.31. The number of primary amides is 1. The summed E-state index contributed by atoms with van der Waals surface area (Å²) in [5.74, 6) is -2.02. The second-order valence-corrected chi connectivity index (χ2v) is 8.55. The van der Waals surface area contributed by atoms with Crippen molar-refractivity contribution < 1.29 is 18.8 Å². The molecule has 0 aliphatic rings. The van der Waals surface area contributed by atoms with Gasteiger partial charge in [0.05, 0.1) is 0 Å². The predicted molar refractivity (Wildman–Crippen MR) is 134 cm³/mol. The Kier molecular flexibility index (Phi) is 7.06. The maximum Gasteiger partial charge on any atom is 0.243 e. The average Bonchev–Trinajstić information content (AvgIpc) is 2.83. The molecule has 4 rings (SSSR count). The van der Waals surface area contributed by atoms with E-state index in [1.807, 2.05) is 48.5 Å². The highest BCUT2D eigenvalue weighted by atomic mass is 19.1. The zero-order chi connectivity index (χ0) is 24.9. The van der Waals surface area contributed by atoms with E-state index in [-0.39, 0.29) is 12.8 Å². The van der Waals surface area contributed by atoms with E-state index in [0.29, 0.717) is 5.56 Å². The normalized spacial score (nSPS) is 12.7. The zero-order valence-corrected chi connectivity index (χ0v) is 19.3. The fourth-order valence-corrected chi connectivity index (χ4v) is 4.34. The Bertz CT molecular complexity index is 1350. The second-order valence-electron chi connectivity index (χ2n) is 8.55. The number of carbonyl (C=O) groups is 3. The molecule has 0 aromatic heterocycles. The molecule has 7 heteroatoms. The average molecular weight is 472 g/mol. The molecule has 4 aromatic carbocycles. The number of rotatable bonds is 8. The van der Waals surface area contributed by atoms with Crippen LogP contribution in [0.5, 0.6) is 0 Å². The van der Waals surface area contributed by atoms with Gasteiger partial charge in [0.1, 0.15) is 17.9 Å². The van der Waals surface area contributed by atoms with Crippen molar-refractivity contribution in [3.63, 3.8) is 0 Å². The summed E-state index contributed by atoms with van der Waals surface area (Å²) in [6.07, 6.45) is 0.320. The molecule has 0 aliphatic heterocycles. The van der Waals surface area contributed by atoms with Gasteiger partial charge in [0.2, 0.25) is 17.7 Å². The van der Waals surface area contributed by atoms with E-state index in [0.717, 1.165) is 27.1 Å². The monoisotopic (exact) mass is 471 g/mol. The topological polar surface area (TPSA) is 101 Å². The lowest BCUT2D eigenvalue weighted by molar-refractivity contribution is -0.130. The fourth-order valence-electron chi connectivity index (χ4n) is 4.34. The fraction of sp³-hybridized carbons (Fsp3) is 0.179. The third-order valence-corrected chi connectivity index (χ3v) is 6.00. The number of amides is 3. The lowest BCUT2D eigenvalue weighted by atomic mass is 9.92. The molecular weight excluding hydrogens is 445 g/mol. The standard InChI is InChI=1S/C28H26FN3O3/c1-17(33)31-26(14-18-10-12-21(29)13-11-18)28(35)32-25(27(30)34)16-24-22-8-4-2-6-19(22)15-20-7-3-5-9-23(20)24/h2-13,15,25-26H,14,16H2,1H3,(H2,30,34)(H,31,33)(H,32,35)/t25-,26-/m1/s1. The molecule has 3 amide bonds. The van der Waals surface area contributed by atoms with Crippen LogP contribution >= 0.6 is 0 Å². The van der Waals surface area contributed by atoms with Crippen LogP contribution in [0.2, 0.25) is 0 Å². The Hall–Kier alpha value is -4.26. The molecule has 6 nitrogen and oxygen atoms in total. The predicted octanol–water partition coefficient (Wildman–Crippen LogP) is 3.39. The number of fused-ring (bicyclic) bond motifs is 2. The highest BCUT2D eigenvalue weighted by Gasteiger charge is 2.26. The number of nitrogens with one attached hydrogen (secondary N) is 2. The molecule has 0 heterocycles. The highest BCUT2D eigenvalue weighted by Crippen LogP contribution is 2.29. The van der Waals surface area contributed by atoms with Crippen molar-refractivity contribution in [2.45, 2.75) is 31.8 Å². The van der Waals surface area contributed by atoms with Crippen LogP contribution in [0.15, 0.2) is 78.9 Å². The van der Waals surface area contributed by atoms with E-state index >= 15 is 0 Å². The van der Waals surface area contributed by atoms with Crippen molar-refractivity contribution in [1.29, 1.82) is 0 Å². The van der Waals surface area contributed by atoms with Crippen molar-refractivity contribution in [2.24, 2.45) is 5.73 Å². The Morgan fingerprint density at radius 1 is 0.800 bits per heavy atom. The van der Waals surface area contributed by atoms with Crippen LogP contribution in [0, 0.1) is 5.82 Å². The number of benzene rings is 4. The van der Waals surface area contributed by atoms with Gasteiger partial charge in [-0.2, -0.15) is 0 Å². The summed E-state index contributed by atoms with van der Waals surface area (Å²) < 4.78 is 13.3. The Labute approximate surface area is 202 Å². The first-order valence-corrected chi connectivity index (χ1v) is 11.3. The molecule has 4 N–H and O–H groups in total. The molecule has 0 spiro atoms. The smallest absolute Gasteiger partial charge is 0.243 e. The van der Waals surface area contributed by atoms with Crippen LogP contribution in [0.25, 0.3) is 21.5 Å². The zero-order valence-electron chi connectivity index (χ0n) is 19.3. The third kappa shape index (κ3) is 5.63. The Balaban J connectivity index is 1.64. The summed E-state index contributed by atoms with van der Waals surface area (Å²) >= 11 is 0. The molecule has 2 atom stereocenters. The van der Waals surface area contributed by atoms with Crippen LogP contribution in [0.3, 0.4) is 0 Å². The lowest BCUT2D eigenvalue weighted by Crippen LogP contribution is -2.54. The van der Waals surface area contributed by atoms with Gasteiger partial charge in [0.15, 0.2) is 0 Å². The minimum atomic E-state index is -0.999. The largest absolute Gasteiger partial charge is 0.368 e. The summed E-state index contributed by atoms with van der Waals surface area (Å²) in [7, 11) is 0. The van der Waals surface area contributed by atoms with Gasteiger partial charge < -0.3 is 16.4 Å². The van der Waals surface area contributed by atoms with E-state index in [1.54, 1.807) is 12.1 Å². The first-order valence-electron chi connectivity index (χ1n) is 11.3. The summed E-state index contributed by atoms with van der Waals surface area (Å²) in [6, 6.07) is 21.5. The van der Waals surface area contributed by atoms with Gasteiger partial charge in [-0.05, 0) is 50.9 Å². The van der Waals surface area contributed by atoms with Crippen molar-refractivity contribution in [3.8, 4) is 0 Å². The maximum atomic E-state index is 13.3. The first kappa shape index (κ1) is 23.9. The quantitative estimate of drug-likeness (QED) is 0.343. The van der Waals surface area contributed by atoms with E-state index in [2.05, 4.69) is 16.7 Å². The van der Waals surface area contributed by atoms with Gasteiger partial charge in [-0.25, -0.2) is 4.39 Å². The van der Waals surface area contributed by atoms with Gasteiger partial charge in [0.25, 0.3) is 0 Å². The van der Waals surface area contributed by atoms with E-state index in [4.69, 9.17) is 5.73 Å². The summed E-state index contributed by atoms with van der Waals surface area (Å²) in [4.78, 5) is 37.4. The molecular formula is C28H26FN3O3. The molecule has 0 saturated carbocycles. The molecule has 0 radical (unpaired) electrons. The third-order valence-electron chi connectivity index (χ3n) is 6.00. The number of halogens is 1. The number of hydrogen-bond donors (Lipinski definition) is 3. The molecule has 0 unspecified atom stereocenters. The van der Waals surface area contributed by atoms with Gasteiger partial charge in [-0.3, -0.25) is 14.4 Å². The molecule has 0 bridgehead atoms.